The van der Waals surface area contributed by atoms with Gasteiger partial charge in [-0.3, -0.25) is 9.69 Å². The monoisotopic (exact) mass is 250 g/mol. The second kappa shape index (κ2) is 7.14. The van der Waals surface area contributed by atoms with Crippen LogP contribution in [-0.4, -0.2) is 61.0 Å². The van der Waals surface area contributed by atoms with E-state index in [4.69, 9.17) is 5.26 Å². The Balaban J connectivity index is 2.56. The van der Waals surface area contributed by atoms with Crippen molar-refractivity contribution in [2.45, 2.75) is 19.9 Å². The van der Waals surface area contributed by atoms with Gasteiger partial charge in [-0.1, -0.05) is 12.2 Å². The van der Waals surface area contributed by atoms with Gasteiger partial charge in [0.15, 0.2) is 0 Å². The van der Waals surface area contributed by atoms with E-state index >= 15 is 0 Å². The molecule has 1 aliphatic heterocycles. The molecule has 18 heavy (non-hydrogen) atoms. The van der Waals surface area contributed by atoms with E-state index in [9.17, 15) is 4.79 Å². The highest BCUT2D eigenvalue weighted by Crippen LogP contribution is 2.04. The summed E-state index contributed by atoms with van der Waals surface area (Å²) in [6.45, 7) is 11.5. The molecule has 0 spiro atoms. The number of carbonyl (C=O) groups is 1. The zero-order valence-electron chi connectivity index (χ0n) is 11.3. The van der Waals surface area contributed by atoms with Crippen molar-refractivity contribution in [1.82, 2.24) is 15.1 Å². The van der Waals surface area contributed by atoms with Crippen LogP contribution in [0, 0.1) is 11.3 Å². The highest BCUT2D eigenvalue weighted by atomic mass is 16.2. The van der Waals surface area contributed by atoms with Crippen molar-refractivity contribution >= 4 is 5.91 Å². The van der Waals surface area contributed by atoms with Crippen molar-refractivity contribution in [2.75, 3.05) is 39.3 Å². The summed E-state index contributed by atoms with van der Waals surface area (Å²) in [5.41, 5.74) is 0.974. The fourth-order valence-electron chi connectivity index (χ4n) is 2.04. The molecular formula is C13H22N4O. The first-order valence-electron chi connectivity index (χ1n) is 6.35. The van der Waals surface area contributed by atoms with Crippen molar-refractivity contribution < 1.29 is 4.79 Å². The number of nitriles is 1. The van der Waals surface area contributed by atoms with E-state index in [0.717, 1.165) is 18.7 Å². The molecule has 1 rings (SSSR count). The van der Waals surface area contributed by atoms with Crippen LogP contribution in [0.15, 0.2) is 12.2 Å². The third-order valence-corrected chi connectivity index (χ3v) is 3.04. The summed E-state index contributed by atoms with van der Waals surface area (Å²) in [6.07, 6.45) is 0. The van der Waals surface area contributed by atoms with E-state index < -0.39 is 0 Å². The Labute approximate surface area is 109 Å². The minimum atomic E-state index is -0.203. The van der Waals surface area contributed by atoms with Crippen LogP contribution in [-0.2, 0) is 4.79 Å². The van der Waals surface area contributed by atoms with Gasteiger partial charge in [0.05, 0.1) is 12.6 Å². The average Bonchev–Trinajstić information content (AvgIpc) is 2.36. The predicted octanol–water partition coefficient (Wildman–Crippen LogP) is 0.208. The van der Waals surface area contributed by atoms with Crippen molar-refractivity contribution in [3.8, 4) is 6.07 Å². The third-order valence-electron chi connectivity index (χ3n) is 3.04. The number of rotatable bonds is 5. The smallest absolute Gasteiger partial charge is 0.237 e. The summed E-state index contributed by atoms with van der Waals surface area (Å²) in [5, 5.41) is 12.2. The second-order valence-electron chi connectivity index (χ2n) is 4.68. The molecule has 0 saturated carbocycles. The van der Waals surface area contributed by atoms with Crippen LogP contribution in [0.2, 0.25) is 0 Å². The molecule has 0 radical (unpaired) electrons. The SMILES string of the molecule is C=C(C)CN(CC)C(=O)CN1CCNCC1C#N. The first-order chi connectivity index (χ1) is 8.58. The molecule has 1 N–H and O–H groups in total. The Morgan fingerprint density at radius 2 is 2.39 bits per heavy atom. The fraction of sp³-hybridized carbons (Fsp3) is 0.692. The molecule has 0 aromatic rings. The molecule has 1 saturated heterocycles. The topological polar surface area (TPSA) is 59.4 Å². The summed E-state index contributed by atoms with van der Waals surface area (Å²) >= 11 is 0. The number of hydrogen-bond acceptors (Lipinski definition) is 4. The maximum absolute atomic E-state index is 12.2. The number of piperazine rings is 1. The standard InChI is InChI=1S/C13H22N4O/c1-4-16(9-11(2)3)13(18)10-17-6-5-15-8-12(17)7-14/h12,15H,2,4-6,8-10H2,1,3H3. The Bertz CT molecular complexity index is 347. The maximum Gasteiger partial charge on any atom is 0.237 e. The van der Waals surface area contributed by atoms with E-state index in [0.29, 0.717) is 26.2 Å². The Morgan fingerprint density at radius 1 is 1.67 bits per heavy atom. The van der Waals surface area contributed by atoms with Crippen LogP contribution in [0.3, 0.4) is 0 Å². The van der Waals surface area contributed by atoms with Gasteiger partial charge in [-0.2, -0.15) is 5.26 Å². The summed E-state index contributed by atoms with van der Waals surface area (Å²) < 4.78 is 0. The van der Waals surface area contributed by atoms with Crippen molar-refractivity contribution in [3.63, 3.8) is 0 Å². The molecule has 1 unspecified atom stereocenters. The van der Waals surface area contributed by atoms with Crippen LogP contribution >= 0.6 is 0 Å². The minimum Gasteiger partial charge on any atom is -0.338 e. The summed E-state index contributed by atoms with van der Waals surface area (Å²) in [4.78, 5) is 15.9. The van der Waals surface area contributed by atoms with Gasteiger partial charge in [-0.25, -0.2) is 0 Å². The number of hydrogen-bond donors (Lipinski definition) is 1. The van der Waals surface area contributed by atoms with Crippen molar-refractivity contribution in [1.29, 1.82) is 5.26 Å². The zero-order valence-corrected chi connectivity index (χ0v) is 11.3. The van der Waals surface area contributed by atoms with Gasteiger partial charge in [0.25, 0.3) is 0 Å². The van der Waals surface area contributed by atoms with Crippen molar-refractivity contribution in [2.24, 2.45) is 0 Å². The molecule has 0 aromatic carbocycles. The number of nitrogens with zero attached hydrogens (tertiary/aromatic N) is 3. The highest BCUT2D eigenvalue weighted by molar-refractivity contribution is 5.78. The Morgan fingerprint density at radius 3 is 2.94 bits per heavy atom. The summed E-state index contributed by atoms with van der Waals surface area (Å²) in [5.74, 6) is 0.0719. The molecule has 1 fully saturated rings. The van der Waals surface area contributed by atoms with Gasteiger partial charge in [0.2, 0.25) is 5.91 Å². The maximum atomic E-state index is 12.2. The zero-order chi connectivity index (χ0) is 13.5. The molecule has 1 amide bonds. The lowest BCUT2D eigenvalue weighted by atomic mass is 10.2. The van der Waals surface area contributed by atoms with E-state index in [-0.39, 0.29) is 11.9 Å². The van der Waals surface area contributed by atoms with Crippen molar-refractivity contribution in [3.05, 3.63) is 12.2 Å². The number of nitrogens with one attached hydrogen (secondary N) is 1. The molecule has 100 valence electrons. The van der Waals surface area contributed by atoms with E-state index in [1.165, 1.54) is 0 Å². The first-order valence-corrected chi connectivity index (χ1v) is 6.35. The quantitative estimate of drug-likeness (QED) is 0.709. The molecular weight excluding hydrogens is 228 g/mol. The van der Waals surface area contributed by atoms with E-state index in [1.807, 2.05) is 18.7 Å². The Hall–Kier alpha value is -1.38. The van der Waals surface area contributed by atoms with Crippen LogP contribution < -0.4 is 5.32 Å². The lowest BCUT2D eigenvalue weighted by Crippen LogP contribution is -2.54. The van der Waals surface area contributed by atoms with Gasteiger partial charge in [0.1, 0.15) is 6.04 Å². The summed E-state index contributed by atoms with van der Waals surface area (Å²) in [6, 6.07) is 2.03. The molecule has 1 heterocycles. The average molecular weight is 250 g/mol. The second-order valence-corrected chi connectivity index (χ2v) is 4.68. The highest BCUT2D eigenvalue weighted by Gasteiger charge is 2.25. The third kappa shape index (κ3) is 4.13. The van der Waals surface area contributed by atoms with Gasteiger partial charge in [-0.05, 0) is 13.8 Å². The van der Waals surface area contributed by atoms with Crippen LogP contribution in [0.5, 0.6) is 0 Å². The molecule has 1 atom stereocenters. The molecule has 1 aliphatic rings. The van der Waals surface area contributed by atoms with Gasteiger partial charge >= 0.3 is 0 Å². The lowest BCUT2D eigenvalue weighted by molar-refractivity contribution is -0.132. The first kappa shape index (κ1) is 14.7. The fourth-order valence-corrected chi connectivity index (χ4v) is 2.04. The van der Waals surface area contributed by atoms with Gasteiger partial charge in [-0.15, -0.1) is 0 Å². The van der Waals surface area contributed by atoms with Crippen LogP contribution in [0.25, 0.3) is 0 Å². The lowest BCUT2D eigenvalue weighted by Gasteiger charge is -2.33. The largest absolute Gasteiger partial charge is 0.338 e. The van der Waals surface area contributed by atoms with Gasteiger partial charge in [0, 0.05) is 32.7 Å². The normalized spacial score (nSPS) is 20.2. The molecule has 5 heteroatoms. The molecule has 0 aromatic heterocycles. The van der Waals surface area contributed by atoms with Crippen LogP contribution in [0.1, 0.15) is 13.8 Å². The van der Waals surface area contributed by atoms with Crippen LogP contribution in [0.4, 0.5) is 0 Å². The molecule has 5 nitrogen and oxygen atoms in total. The number of carbonyl (C=O) groups excluding carboxylic acids is 1. The number of likely N-dealkylation sites (N-methyl/N-ethyl adjacent to an activating group) is 1. The van der Waals surface area contributed by atoms with E-state index in [2.05, 4.69) is 18.0 Å². The Kier molecular flexibility index (Phi) is 5.83. The minimum absolute atomic E-state index is 0.0719. The molecule has 0 aliphatic carbocycles. The molecule has 0 bridgehead atoms. The number of amides is 1. The van der Waals surface area contributed by atoms with E-state index in [1.54, 1.807) is 4.90 Å². The summed E-state index contributed by atoms with van der Waals surface area (Å²) in [7, 11) is 0. The van der Waals surface area contributed by atoms with Gasteiger partial charge < -0.3 is 10.2 Å². The predicted molar refractivity (Wildman–Crippen MR) is 70.9 cm³/mol.